The highest BCUT2D eigenvalue weighted by Crippen LogP contribution is 2.34. The third-order valence-electron chi connectivity index (χ3n) is 4.43. The highest BCUT2D eigenvalue weighted by atomic mass is 19.4. The predicted molar refractivity (Wildman–Crippen MR) is 108 cm³/mol. The minimum atomic E-state index is -4.65. The Balaban J connectivity index is 1.91. The number of nitrogens with zero attached hydrogens (tertiary/aromatic N) is 2. The van der Waals surface area contributed by atoms with Gasteiger partial charge in [0, 0.05) is 13.3 Å². The van der Waals surface area contributed by atoms with Crippen molar-refractivity contribution in [2.24, 2.45) is 10.8 Å². The predicted octanol–water partition coefficient (Wildman–Crippen LogP) is 2.72. The normalized spacial score (nSPS) is 15.9. The van der Waals surface area contributed by atoms with Crippen LogP contribution in [0.2, 0.25) is 0 Å². The van der Waals surface area contributed by atoms with Crippen LogP contribution in [0.15, 0.2) is 53.6 Å². The summed E-state index contributed by atoms with van der Waals surface area (Å²) in [4.78, 5) is 36.0. The molecule has 1 heterocycles. The number of primary amides is 1. The minimum Gasteiger partial charge on any atom is -0.368 e. The van der Waals surface area contributed by atoms with E-state index < -0.39 is 35.5 Å². The van der Waals surface area contributed by atoms with Crippen LogP contribution in [0.4, 0.5) is 30.2 Å². The lowest BCUT2D eigenvalue weighted by Crippen LogP contribution is -2.39. The number of hydrazone groups is 1. The van der Waals surface area contributed by atoms with E-state index in [1.54, 1.807) is 30.3 Å². The van der Waals surface area contributed by atoms with Gasteiger partial charge in [-0.15, -0.1) is 0 Å². The summed E-state index contributed by atoms with van der Waals surface area (Å²) < 4.78 is 39.3. The number of benzene rings is 2. The Morgan fingerprint density at radius 2 is 1.74 bits per heavy atom. The van der Waals surface area contributed by atoms with Crippen molar-refractivity contribution in [1.82, 2.24) is 0 Å². The summed E-state index contributed by atoms with van der Waals surface area (Å²) in [5.41, 5.74) is 4.57. The summed E-state index contributed by atoms with van der Waals surface area (Å²) in [6, 6.07) is 10.1. The van der Waals surface area contributed by atoms with Gasteiger partial charge in [-0.05, 0) is 30.3 Å². The fraction of sp³-hybridized carbons (Fsp3) is 0.200. The smallest absolute Gasteiger partial charge is 0.368 e. The van der Waals surface area contributed by atoms with Gasteiger partial charge in [-0.2, -0.15) is 18.3 Å². The lowest BCUT2D eigenvalue weighted by molar-refractivity contribution is -0.137. The van der Waals surface area contributed by atoms with Gasteiger partial charge < -0.3 is 16.4 Å². The number of rotatable bonds is 5. The molecule has 0 aromatic heterocycles. The first-order valence-corrected chi connectivity index (χ1v) is 9.07. The van der Waals surface area contributed by atoms with E-state index >= 15 is 0 Å². The number of para-hydroxylation sites is 1. The van der Waals surface area contributed by atoms with Crippen molar-refractivity contribution in [3.05, 3.63) is 54.1 Å². The molecule has 0 aliphatic carbocycles. The number of carbonyl (C=O) groups is 3. The van der Waals surface area contributed by atoms with E-state index in [1.807, 2.05) is 0 Å². The van der Waals surface area contributed by atoms with Crippen molar-refractivity contribution in [2.75, 3.05) is 15.6 Å². The molecule has 0 saturated carbocycles. The highest BCUT2D eigenvalue weighted by molar-refractivity contribution is 6.44. The number of hydrogen-bond donors (Lipinski definition) is 3. The first-order chi connectivity index (χ1) is 14.6. The molecule has 0 saturated heterocycles. The second kappa shape index (κ2) is 8.46. The number of halogens is 3. The molecule has 3 amide bonds. The summed E-state index contributed by atoms with van der Waals surface area (Å²) in [5.74, 6) is -2.07. The molecule has 11 heteroatoms. The van der Waals surface area contributed by atoms with Gasteiger partial charge >= 0.3 is 6.18 Å². The van der Waals surface area contributed by atoms with Crippen LogP contribution in [0.1, 0.15) is 18.9 Å². The largest absolute Gasteiger partial charge is 0.416 e. The summed E-state index contributed by atoms with van der Waals surface area (Å²) in [7, 11) is 0. The maximum Gasteiger partial charge on any atom is 0.416 e. The maximum absolute atomic E-state index is 13.1. The zero-order chi connectivity index (χ0) is 22.8. The maximum atomic E-state index is 13.1. The number of carbonyl (C=O) groups excluding carboxylic acids is 3. The second-order valence-electron chi connectivity index (χ2n) is 6.74. The molecule has 0 fully saturated rings. The monoisotopic (exact) mass is 433 g/mol. The Morgan fingerprint density at radius 3 is 2.32 bits per heavy atom. The van der Waals surface area contributed by atoms with Crippen molar-refractivity contribution in [1.29, 1.82) is 0 Å². The Labute approximate surface area is 174 Å². The van der Waals surface area contributed by atoms with Gasteiger partial charge in [-0.1, -0.05) is 18.2 Å². The van der Waals surface area contributed by atoms with E-state index in [4.69, 9.17) is 5.73 Å². The summed E-state index contributed by atoms with van der Waals surface area (Å²) in [5, 5.41) is 10.1. The van der Waals surface area contributed by atoms with Crippen molar-refractivity contribution < 1.29 is 27.6 Å². The zero-order valence-corrected chi connectivity index (χ0v) is 16.2. The molecule has 1 aliphatic heterocycles. The molecular weight excluding hydrogens is 415 g/mol. The first kappa shape index (κ1) is 21.8. The zero-order valence-electron chi connectivity index (χ0n) is 16.2. The summed E-state index contributed by atoms with van der Waals surface area (Å²) in [6.45, 7) is 1.18. The van der Waals surface area contributed by atoms with Gasteiger partial charge in [0.05, 0.1) is 22.6 Å². The molecule has 8 nitrogen and oxygen atoms in total. The molecule has 0 radical (unpaired) electrons. The topological polar surface area (TPSA) is 117 Å². The molecule has 0 spiro atoms. The third-order valence-corrected chi connectivity index (χ3v) is 4.43. The lowest BCUT2D eigenvalue weighted by atomic mass is 10.1. The number of nitrogens with two attached hydrogens (primary N) is 1. The minimum absolute atomic E-state index is 0.0150. The van der Waals surface area contributed by atoms with Gasteiger partial charge in [0.1, 0.15) is 11.8 Å². The number of hydrogen-bond acceptors (Lipinski definition) is 5. The van der Waals surface area contributed by atoms with E-state index in [0.29, 0.717) is 11.8 Å². The Morgan fingerprint density at radius 1 is 1.06 bits per heavy atom. The van der Waals surface area contributed by atoms with E-state index in [2.05, 4.69) is 15.7 Å². The highest BCUT2D eigenvalue weighted by Gasteiger charge is 2.36. The first-order valence-electron chi connectivity index (χ1n) is 9.07. The van der Waals surface area contributed by atoms with Crippen molar-refractivity contribution in [2.45, 2.75) is 25.6 Å². The molecular formula is C20H18F3N5O3. The fourth-order valence-electron chi connectivity index (χ4n) is 3.00. The standard InChI is InChI=1S/C20H18F3N5O3/c1-11(29)25-14-8-7-12(20(21,22)23)9-15(14)26-19(31)16-10-17(18(24)30)28(27-16)13-5-3-2-4-6-13/h2-9,17H,10H2,1H3,(H2,24,30)(H,25,29)(H,26,31). The summed E-state index contributed by atoms with van der Waals surface area (Å²) >= 11 is 0. The molecule has 3 rings (SSSR count). The SMILES string of the molecule is CC(=O)Nc1ccc(C(F)(F)F)cc1NC(=O)C1=NN(c2ccccc2)C(C(N)=O)C1. The fourth-order valence-corrected chi connectivity index (χ4v) is 3.00. The molecule has 1 atom stereocenters. The van der Waals surface area contributed by atoms with Gasteiger partial charge in [0.15, 0.2) is 0 Å². The average molecular weight is 433 g/mol. The van der Waals surface area contributed by atoms with Crippen LogP contribution in [0.3, 0.4) is 0 Å². The van der Waals surface area contributed by atoms with E-state index in [1.165, 1.54) is 11.9 Å². The molecule has 31 heavy (non-hydrogen) atoms. The van der Waals surface area contributed by atoms with Gasteiger partial charge in [-0.25, -0.2) is 0 Å². The van der Waals surface area contributed by atoms with E-state index in [-0.39, 0.29) is 23.5 Å². The molecule has 1 aliphatic rings. The quantitative estimate of drug-likeness (QED) is 0.672. The van der Waals surface area contributed by atoms with Crippen molar-refractivity contribution in [3.8, 4) is 0 Å². The van der Waals surface area contributed by atoms with Crippen LogP contribution in [-0.4, -0.2) is 29.5 Å². The third kappa shape index (κ3) is 5.00. The molecule has 162 valence electrons. The number of amides is 3. The van der Waals surface area contributed by atoms with Crippen molar-refractivity contribution in [3.63, 3.8) is 0 Å². The van der Waals surface area contributed by atoms with Crippen LogP contribution >= 0.6 is 0 Å². The summed E-state index contributed by atoms with van der Waals surface area (Å²) in [6.07, 6.45) is -4.79. The van der Waals surface area contributed by atoms with Gasteiger partial charge in [-0.3, -0.25) is 19.4 Å². The Kier molecular flexibility index (Phi) is 5.95. The molecule has 2 aromatic carbocycles. The van der Waals surface area contributed by atoms with E-state index in [0.717, 1.165) is 12.1 Å². The molecule has 4 N–H and O–H groups in total. The van der Waals surface area contributed by atoms with Crippen LogP contribution < -0.4 is 21.4 Å². The Hall–Kier alpha value is -3.89. The van der Waals surface area contributed by atoms with Crippen LogP contribution in [0.5, 0.6) is 0 Å². The molecule has 2 aromatic rings. The average Bonchev–Trinajstić information content (AvgIpc) is 3.15. The molecule has 1 unspecified atom stereocenters. The van der Waals surface area contributed by atoms with Gasteiger partial charge in [0.25, 0.3) is 5.91 Å². The van der Waals surface area contributed by atoms with Crippen LogP contribution in [-0.2, 0) is 20.6 Å². The Bertz CT molecular complexity index is 1050. The second-order valence-corrected chi connectivity index (χ2v) is 6.74. The van der Waals surface area contributed by atoms with E-state index in [9.17, 15) is 27.6 Å². The van der Waals surface area contributed by atoms with Crippen LogP contribution in [0.25, 0.3) is 0 Å². The molecule has 0 bridgehead atoms. The number of anilines is 3. The number of alkyl halides is 3. The van der Waals surface area contributed by atoms with Crippen LogP contribution in [0, 0.1) is 0 Å². The number of nitrogens with one attached hydrogen (secondary N) is 2. The lowest BCUT2D eigenvalue weighted by Gasteiger charge is -2.20. The van der Waals surface area contributed by atoms with Crippen molar-refractivity contribution >= 4 is 40.5 Å². The van der Waals surface area contributed by atoms with Gasteiger partial charge in [0.2, 0.25) is 11.8 Å².